The van der Waals surface area contributed by atoms with Gasteiger partial charge in [-0.1, -0.05) is 0 Å². The van der Waals surface area contributed by atoms with E-state index in [9.17, 15) is 13.2 Å². The van der Waals surface area contributed by atoms with E-state index in [0.717, 1.165) is 11.3 Å². The van der Waals surface area contributed by atoms with Crippen LogP contribution in [0.1, 0.15) is 30.0 Å². The van der Waals surface area contributed by atoms with Crippen molar-refractivity contribution in [3.05, 3.63) is 72.2 Å². The predicted molar refractivity (Wildman–Crippen MR) is 128 cm³/mol. The Bertz CT molecular complexity index is 1190. The van der Waals surface area contributed by atoms with E-state index in [-0.39, 0.29) is 29.1 Å². The summed E-state index contributed by atoms with van der Waals surface area (Å²) in [5.41, 5.74) is 2.07. The zero-order chi connectivity index (χ0) is 24.2. The van der Waals surface area contributed by atoms with Gasteiger partial charge in [0.1, 0.15) is 5.75 Å². The minimum absolute atomic E-state index is 0.0998. The monoisotopic (exact) mass is 471 g/mol. The topological polar surface area (TPSA) is 92.1 Å². The second-order valence-electron chi connectivity index (χ2n) is 8.02. The molecule has 0 atom stereocenters. The molecule has 0 bridgehead atoms. The molecule has 1 heterocycles. The van der Waals surface area contributed by atoms with Gasteiger partial charge in [0.2, 0.25) is 0 Å². The molecule has 1 N–H and O–H groups in total. The van der Waals surface area contributed by atoms with Crippen LogP contribution in [0.4, 0.5) is 11.4 Å². The Balaban J connectivity index is 1.92. The highest BCUT2D eigenvalue weighted by Gasteiger charge is 2.23. The van der Waals surface area contributed by atoms with Crippen molar-refractivity contribution >= 4 is 27.3 Å². The van der Waals surface area contributed by atoms with Crippen molar-refractivity contribution < 1.29 is 22.4 Å². The number of carbonyl (C=O) groups is 1. The normalized spacial score (nSPS) is 11.3. The maximum atomic E-state index is 13.0. The molecule has 8 nitrogen and oxygen atoms in total. The van der Waals surface area contributed by atoms with Gasteiger partial charge in [-0.2, -0.15) is 0 Å². The number of carbonyl (C=O) groups excluding carboxylic acids is 1. The lowest BCUT2D eigenvalue weighted by atomic mass is 10.1. The van der Waals surface area contributed by atoms with Gasteiger partial charge in [0, 0.05) is 38.1 Å². The first-order valence-corrected chi connectivity index (χ1v) is 11.9. The van der Waals surface area contributed by atoms with E-state index in [1.165, 1.54) is 25.5 Å². The van der Waals surface area contributed by atoms with Crippen LogP contribution in [0.3, 0.4) is 0 Å². The minimum atomic E-state index is -3.80. The largest absolute Gasteiger partial charge is 0.497 e. The van der Waals surface area contributed by atoms with Gasteiger partial charge >= 0.3 is 0 Å². The maximum absolute atomic E-state index is 13.0. The molecule has 0 fully saturated rings. The third kappa shape index (κ3) is 5.67. The second kappa shape index (κ2) is 9.99. The summed E-state index contributed by atoms with van der Waals surface area (Å²) in [5.74, 6) is 0.594. The van der Waals surface area contributed by atoms with Gasteiger partial charge in [-0.05, 0) is 74.0 Å². The first-order valence-electron chi connectivity index (χ1n) is 10.4. The molecule has 0 aliphatic rings. The second-order valence-corrected chi connectivity index (χ2v) is 9.71. The number of nitrogens with zero attached hydrogens (tertiary/aromatic N) is 2. The quantitative estimate of drug-likeness (QED) is 0.503. The number of anilines is 2. The molecule has 0 saturated heterocycles. The summed E-state index contributed by atoms with van der Waals surface area (Å²) in [5, 5.41) is 0. The highest BCUT2D eigenvalue weighted by atomic mass is 32.2. The predicted octanol–water partition coefficient (Wildman–Crippen LogP) is 4.21. The van der Waals surface area contributed by atoms with Crippen LogP contribution in [0.5, 0.6) is 5.75 Å². The van der Waals surface area contributed by atoms with E-state index < -0.39 is 10.0 Å². The van der Waals surface area contributed by atoms with Crippen LogP contribution in [0.25, 0.3) is 0 Å². The Hall–Kier alpha value is -3.46. The Labute approximate surface area is 194 Å². The van der Waals surface area contributed by atoms with E-state index in [4.69, 9.17) is 9.15 Å². The molecule has 0 spiro atoms. The highest BCUT2D eigenvalue weighted by molar-refractivity contribution is 7.92. The molecule has 1 amide bonds. The first kappa shape index (κ1) is 24.2. The van der Waals surface area contributed by atoms with Crippen molar-refractivity contribution in [3.63, 3.8) is 0 Å². The number of ether oxygens (including phenoxy) is 1. The van der Waals surface area contributed by atoms with Crippen molar-refractivity contribution in [2.75, 3.05) is 30.8 Å². The third-order valence-corrected chi connectivity index (χ3v) is 6.54. The lowest BCUT2D eigenvalue weighted by Gasteiger charge is -2.28. The molecule has 3 aromatic rings. The molecule has 0 radical (unpaired) electrons. The van der Waals surface area contributed by atoms with Crippen LogP contribution in [0.2, 0.25) is 0 Å². The fourth-order valence-electron chi connectivity index (χ4n) is 3.40. The first-order chi connectivity index (χ1) is 15.6. The molecular formula is C24H29N3O5S. The van der Waals surface area contributed by atoms with E-state index in [1.54, 1.807) is 41.3 Å². The lowest BCUT2D eigenvalue weighted by Crippen LogP contribution is -2.36. The number of rotatable bonds is 9. The highest BCUT2D eigenvalue weighted by Crippen LogP contribution is 2.27. The van der Waals surface area contributed by atoms with E-state index in [1.807, 2.05) is 38.9 Å². The zero-order valence-corrected chi connectivity index (χ0v) is 20.2. The molecule has 3 rings (SSSR count). The summed E-state index contributed by atoms with van der Waals surface area (Å²) in [6.07, 6.45) is 1.46. The van der Waals surface area contributed by atoms with Crippen molar-refractivity contribution in [2.24, 2.45) is 0 Å². The molecule has 1 aromatic heterocycles. The molecular weight excluding hydrogens is 442 g/mol. The Morgan fingerprint density at radius 3 is 2.33 bits per heavy atom. The Morgan fingerprint density at radius 2 is 1.79 bits per heavy atom. The van der Waals surface area contributed by atoms with Crippen LogP contribution < -0.4 is 14.4 Å². The Kier molecular flexibility index (Phi) is 7.33. The molecule has 0 aliphatic heterocycles. The number of methoxy groups -OCH3 is 1. The van der Waals surface area contributed by atoms with Gasteiger partial charge < -0.3 is 19.0 Å². The Morgan fingerprint density at radius 1 is 1.09 bits per heavy atom. The standard InChI is InChI=1S/C24H29N3O5S/c1-17(2)27(24(28)23-7-6-14-32-23)16-18-15-19(8-13-22(18)26(3)4)25-33(29,30)21-11-9-20(31-5)10-12-21/h6-15,17,25H,16H2,1-5H3. The molecule has 0 aliphatic carbocycles. The summed E-state index contributed by atoms with van der Waals surface area (Å²) < 4.78 is 38.8. The number of sulfonamides is 1. The number of amides is 1. The van der Waals surface area contributed by atoms with Gasteiger partial charge in [-0.3, -0.25) is 9.52 Å². The number of furan rings is 1. The number of benzene rings is 2. The lowest BCUT2D eigenvalue weighted by molar-refractivity contribution is 0.0658. The van der Waals surface area contributed by atoms with E-state index in [0.29, 0.717) is 11.4 Å². The van der Waals surface area contributed by atoms with Crippen LogP contribution >= 0.6 is 0 Å². The summed E-state index contributed by atoms with van der Waals surface area (Å²) >= 11 is 0. The molecule has 33 heavy (non-hydrogen) atoms. The number of hydrogen-bond donors (Lipinski definition) is 1. The van der Waals surface area contributed by atoms with Gasteiger partial charge in [-0.15, -0.1) is 0 Å². The molecule has 9 heteroatoms. The summed E-state index contributed by atoms with van der Waals surface area (Å²) in [7, 11) is 1.51. The molecule has 0 unspecified atom stereocenters. The van der Waals surface area contributed by atoms with Crippen LogP contribution in [-0.2, 0) is 16.6 Å². The molecule has 2 aromatic carbocycles. The molecule has 0 saturated carbocycles. The van der Waals surface area contributed by atoms with E-state index in [2.05, 4.69) is 4.72 Å². The fraction of sp³-hybridized carbons (Fsp3) is 0.292. The van der Waals surface area contributed by atoms with Crippen molar-refractivity contribution in [3.8, 4) is 5.75 Å². The summed E-state index contributed by atoms with van der Waals surface area (Å²) in [4.78, 5) is 16.7. The minimum Gasteiger partial charge on any atom is -0.497 e. The summed E-state index contributed by atoms with van der Waals surface area (Å²) in [6.45, 7) is 4.13. The average Bonchev–Trinajstić information content (AvgIpc) is 3.31. The van der Waals surface area contributed by atoms with Crippen LogP contribution in [0, 0.1) is 0 Å². The maximum Gasteiger partial charge on any atom is 0.290 e. The van der Waals surface area contributed by atoms with Crippen LogP contribution in [-0.4, -0.2) is 46.5 Å². The number of nitrogens with one attached hydrogen (secondary N) is 1. The van der Waals surface area contributed by atoms with Crippen LogP contribution in [0.15, 0.2) is 70.2 Å². The van der Waals surface area contributed by atoms with Crippen molar-refractivity contribution in [2.45, 2.75) is 31.3 Å². The number of hydrogen-bond acceptors (Lipinski definition) is 6. The van der Waals surface area contributed by atoms with Crippen molar-refractivity contribution in [1.82, 2.24) is 4.90 Å². The van der Waals surface area contributed by atoms with Gasteiger partial charge in [0.05, 0.1) is 18.3 Å². The molecule has 176 valence electrons. The summed E-state index contributed by atoms with van der Waals surface area (Å²) in [6, 6.07) is 14.6. The van der Waals surface area contributed by atoms with Gasteiger partial charge in [-0.25, -0.2) is 8.42 Å². The van der Waals surface area contributed by atoms with Gasteiger partial charge in [0.15, 0.2) is 5.76 Å². The fourth-order valence-corrected chi connectivity index (χ4v) is 4.44. The van der Waals surface area contributed by atoms with E-state index >= 15 is 0 Å². The average molecular weight is 472 g/mol. The SMILES string of the molecule is COc1ccc(S(=O)(=O)Nc2ccc(N(C)C)c(CN(C(=O)c3ccco3)C(C)C)c2)cc1. The van der Waals surface area contributed by atoms with Gasteiger partial charge in [0.25, 0.3) is 15.9 Å². The smallest absolute Gasteiger partial charge is 0.290 e. The van der Waals surface area contributed by atoms with Crippen molar-refractivity contribution in [1.29, 1.82) is 0 Å². The zero-order valence-electron chi connectivity index (χ0n) is 19.4. The third-order valence-electron chi connectivity index (χ3n) is 5.14.